The van der Waals surface area contributed by atoms with Crippen LogP contribution in [0.5, 0.6) is 0 Å². The number of nitrogens with zero attached hydrogens (tertiary/aromatic N) is 2. The van der Waals surface area contributed by atoms with Crippen molar-refractivity contribution in [1.82, 2.24) is 15.4 Å². The van der Waals surface area contributed by atoms with Gasteiger partial charge in [0.1, 0.15) is 6.04 Å². The van der Waals surface area contributed by atoms with Crippen LogP contribution in [0.15, 0.2) is 77.5 Å². The molecule has 8 heteroatoms. The van der Waals surface area contributed by atoms with Crippen LogP contribution >= 0.6 is 15.9 Å². The zero-order chi connectivity index (χ0) is 20.4. The molecule has 0 spiro atoms. The highest BCUT2D eigenvalue weighted by Crippen LogP contribution is 2.24. The third kappa shape index (κ3) is 3.98. The quantitative estimate of drug-likeness (QED) is 0.460. The van der Waals surface area contributed by atoms with E-state index in [-0.39, 0.29) is 18.2 Å². The van der Waals surface area contributed by atoms with Gasteiger partial charge in [-0.15, -0.1) is 0 Å². The standard InChI is InChI=1S/C21H17BrN4O3/c22-15-5-9-17(10-6-15)26-19(27)13-18(21(26)29)23-24-20(28)14-3-7-16(8-4-14)25-11-1-2-12-25/h1-12,18,23H,13H2,(H,24,28). The summed E-state index contributed by atoms with van der Waals surface area (Å²) >= 11 is 3.33. The third-order valence-corrected chi connectivity index (χ3v) is 5.15. The molecule has 2 N–H and O–H groups in total. The van der Waals surface area contributed by atoms with Gasteiger partial charge in [0, 0.05) is 28.1 Å². The Morgan fingerprint density at radius 2 is 1.55 bits per heavy atom. The number of carbonyl (C=O) groups excluding carboxylic acids is 3. The van der Waals surface area contributed by atoms with Gasteiger partial charge in [0.25, 0.3) is 11.8 Å². The van der Waals surface area contributed by atoms with Gasteiger partial charge in [-0.1, -0.05) is 15.9 Å². The number of nitrogens with one attached hydrogen (secondary N) is 2. The predicted octanol–water partition coefficient (Wildman–Crippen LogP) is 2.81. The molecule has 2 heterocycles. The summed E-state index contributed by atoms with van der Waals surface area (Å²) in [4.78, 5) is 38.4. The lowest BCUT2D eigenvalue weighted by Crippen LogP contribution is -2.48. The minimum atomic E-state index is -0.811. The fourth-order valence-corrected chi connectivity index (χ4v) is 3.39. The Morgan fingerprint density at radius 1 is 0.931 bits per heavy atom. The molecule has 1 aliphatic heterocycles. The summed E-state index contributed by atoms with van der Waals surface area (Å²) in [6.07, 6.45) is 3.80. The van der Waals surface area contributed by atoms with E-state index in [1.54, 1.807) is 36.4 Å². The molecule has 0 aliphatic carbocycles. The molecule has 7 nitrogen and oxygen atoms in total. The van der Waals surface area contributed by atoms with E-state index in [0.29, 0.717) is 11.3 Å². The highest BCUT2D eigenvalue weighted by atomic mass is 79.9. The number of hydrogen-bond donors (Lipinski definition) is 2. The lowest BCUT2D eigenvalue weighted by molar-refractivity contribution is -0.121. The summed E-state index contributed by atoms with van der Waals surface area (Å²) in [6, 6.07) is 17.0. The van der Waals surface area contributed by atoms with Gasteiger partial charge >= 0.3 is 0 Å². The maximum atomic E-state index is 12.6. The van der Waals surface area contributed by atoms with E-state index in [1.165, 1.54) is 0 Å². The molecule has 1 atom stereocenters. The number of amides is 3. The second-order valence-corrected chi connectivity index (χ2v) is 7.45. The van der Waals surface area contributed by atoms with Crippen LogP contribution in [-0.4, -0.2) is 28.3 Å². The van der Waals surface area contributed by atoms with Gasteiger partial charge in [0.2, 0.25) is 5.91 Å². The second-order valence-electron chi connectivity index (χ2n) is 6.54. The van der Waals surface area contributed by atoms with Crippen LogP contribution in [0.2, 0.25) is 0 Å². The van der Waals surface area contributed by atoms with E-state index in [1.807, 2.05) is 41.2 Å². The van der Waals surface area contributed by atoms with E-state index in [0.717, 1.165) is 15.1 Å². The zero-order valence-electron chi connectivity index (χ0n) is 15.2. The zero-order valence-corrected chi connectivity index (χ0v) is 16.8. The SMILES string of the molecule is O=C(NNC1CC(=O)N(c2ccc(Br)cc2)C1=O)c1ccc(-n2cccc2)cc1. The van der Waals surface area contributed by atoms with Crippen LogP contribution in [0.25, 0.3) is 5.69 Å². The first-order chi connectivity index (χ1) is 14.0. The normalized spacial score (nSPS) is 16.3. The van der Waals surface area contributed by atoms with E-state index in [9.17, 15) is 14.4 Å². The van der Waals surface area contributed by atoms with Crippen molar-refractivity contribution in [3.63, 3.8) is 0 Å². The molecule has 4 rings (SSSR count). The molecule has 1 aliphatic rings. The van der Waals surface area contributed by atoms with Crippen LogP contribution in [0, 0.1) is 0 Å². The van der Waals surface area contributed by atoms with Gasteiger partial charge in [-0.05, 0) is 60.7 Å². The fourth-order valence-electron chi connectivity index (χ4n) is 3.12. The van der Waals surface area contributed by atoms with Crippen LogP contribution in [0.3, 0.4) is 0 Å². The Morgan fingerprint density at radius 3 is 2.21 bits per heavy atom. The Hall–Kier alpha value is -3.23. The number of hydrazine groups is 1. The molecule has 1 aromatic heterocycles. The van der Waals surface area contributed by atoms with Gasteiger partial charge < -0.3 is 4.57 Å². The van der Waals surface area contributed by atoms with E-state index in [4.69, 9.17) is 0 Å². The fraction of sp³-hybridized carbons (Fsp3) is 0.0952. The smallest absolute Gasteiger partial charge is 0.265 e. The first kappa shape index (κ1) is 19.1. The highest BCUT2D eigenvalue weighted by Gasteiger charge is 2.39. The maximum absolute atomic E-state index is 12.6. The van der Waals surface area contributed by atoms with Gasteiger partial charge in [0.15, 0.2) is 0 Å². The van der Waals surface area contributed by atoms with E-state index >= 15 is 0 Å². The van der Waals surface area contributed by atoms with Crippen LogP contribution in [0.4, 0.5) is 5.69 Å². The van der Waals surface area contributed by atoms with E-state index < -0.39 is 11.9 Å². The molecule has 146 valence electrons. The average Bonchev–Trinajstić information content (AvgIpc) is 3.36. The molecule has 1 fully saturated rings. The maximum Gasteiger partial charge on any atom is 0.265 e. The largest absolute Gasteiger partial charge is 0.324 e. The number of rotatable bonds is 5. The molecule has 3 amide bonds. The second kappa shape index (κ2) is 8.02. The van der Waals surface area contributed by atoms with Crippen molar-refractivity contribution in [2.24, 2.45) is 0 Å². The first-order valence-corrected chi connectivity index (χ1v) is 9.74. The summed E-state index contributed by atoms with van der Waals surface area (Å²) in [6.45, 7) is 0. The molecule has 0 saturated carbocycles. The van der Waals surface area contributed by atoms with Gasteiger partial charge in [0.05, 0.1) is 12.1 Å². The molecule has 2 aromatic carbocycles. The molecule has 0 bridgehead atoms. The lowest BCUT2D eigenvalue weighted by Gasteiger charge is -2.16. The topological polar surface area (TPSA) is 83.4 Å². The minimum Gasteiger partial charge on any atom is -0.324 e. The van der Waals surface area contributed by atoms with Crippen molar-refractivity contribution in [3.05, 3.63) is 83.1 Å². The highest BCUT2D eigenvalue weighted by molar-refractivity contribution is 9.10. The van der Waals surface area contributed by atoms with Crippen molar-refractivity contribution < 1.29 is 14.4 Å². The Kier molecular flexibility index (Phi) is 5.28. The number of carbonyl (C=O) groups is 3. The van der Waals surface area contributed by atoms with Crippen molar-refractivity contribution in [1.29, 1.82) is 0 Å². The number of hydrogen-bond acceptors (Lipinski definition) is 4. The Labute approximate surface area is 175 Å². The molecule has 1 unspecified atom stereocenters. The number of benzene rings is 2. The van der Waals surface area contributed by atoms with Gasteiger partial charge in [-0.3, -0.25) is 19.8 Å². The number of imide groups is 1. The van der Waals surface area contributed by atoms with Crippen molar-refractivity contribution >= 4 is 39.3 Å². The molecule has 3 aromatic rings. The van der Waals surface area contributed by atoms with Crippen molar-refractivity contribution in [3.8, 4) is 5.69 Å². The first-order valence-electron chi connectivity index (χ1n) is 8.94. The van der Waals surface area contributed by atoms with Crippen molar-refractivity contribution in [2.45, 2.75) is 12.5 Å². The van der Waals surface area contributed by atoms with Crippen LogP contribution in [0.1, 0.15) is 16.8 Å². The summed E-state index contributed by atoms with van der Waals surface area (Å²) in [5.74, 6) is -1.10. The average molecular weight is 453 g/mol. The predicted molar refractivity (Wildman–Crippen MR) is 111 cm³/mol. The number of halogens is 1. The molecular formula is C21H17BrN4O3. The monoisotopic (exact) mass is 452 g/mol. The summed E-state index contributed by atoms with van der Waals surface area (Å²) in [5, 5.41) is 0. The van der Waals surface area contributed by atoms with Gasteiger partial charge in [-0.2, -0.15) is 0 Å². The third-order valence-electron chi connectivity index (χ3n) is 4.62. The van der Waals surface area contributed by atoms with Crippen molar-refractivity contribution in [2.75, 3.05) is 4.90 Å². The molecule has 0 radical (unpaired) electrons. The van der Waals surface area contributed by atoms with Crippen LogP contribution < -0.4 is 15.8 Å². The summed E-state index contributed by atoms with van der Waals surface area (Å²) in [7, 11) is 0. The molecule has 29 heavy (non-hydrogen) atoms. The Balaban J connectivity index is 1.38. The minimum absolute atomic E-state index is 0.0260. The summed E-state index contributed by atoms with van der Waals surface area (Å²) in [5.41, 5.74) is 7.08. The lowest BCUT2D eigenvalue weighted by atomic mass is 10.2. The Bertz CT molecular complexity index is 1050. The summed E-state index contributed by atoms with van der Waals surface area (Å²) < 4.78 is 2.78. The van der Waals surface area contributed by atoms with Gasteiger partial charge in [-0.25, -0.2) is 10.3 Å². The number of aromatic nitrogens is 1. The number of anilines is 1. The van der Waals surface area contributed by atoms with Crippen LogP contribution in [-0.2, 0) is 9.59 Å². The molecule has 1 saturated heterocycles. The molecular weight excluding hydrogens is 436 g/mol. The van der Waals surface area contributed by atoms with E-state index in [2.05, 4.69) is 26.8 Å².